The van der Waals surface area contributed by atoms with Crippen LogP contribution in [0.4, 0.5) is 0 Å². The van der Waals surface area contributed by atoms with Crippen LogP contribution in [0.15, 0.2) is 46.9 Å². The zero-order valence-electron chi connectivity index (χ0n) is 14.2. The number of benzene rings is 2. The molecule has 0 saturated heterocycles. The Balaban J connectivity index is 1.56. The van der Waals surface area contributed by atoms with Crippen LogP contribution in [0.25, 0.3) is 11.0 Å². The lowest BCUT2D eigenvalue weighted by Crippen LogP contribution is -2.26. The van der Waals surface area contributed by atoms with Crippen LogP contribution in [0.1, 0.15) is 21.7 Å². The second kappa shape index (κ2) is 6.16. The summed E-state index contributed by atoms with van der Waals surface area (Å²) < 4.78 is 16.9. The normalized spacial score (nSPS) is 13.0. The van der Waals surface area contributed by atoms with Crippen LogP contribution < -0.4 is 9.47 Å². The molecule has 5 heteroatoms. The van der Waals surface area contributed by atoms with E-state index in [1.54, 1.807) is 11.9 Å². The van der Waals surface area contributed by atoms with E-state index in [1.807, 2.05) is 49.4 Å². The van der Waals surface area contributed by atoms with E-state index < -0.39 is 0 Å². The van der Waals surface area contributed by atoms with Gasteiger partial charge in [-0.25, -0.2) is 0 Å². The van der Waals surface area contributed by atoms with Crippen LogP contribution in [0.5, 0.6) is 11.5 Å². The highest BCUT2D eigenvalue weighted by Gasteiger charge is 2.21. The first-order valence-corrected chi connectivity index (χ1v) is 8.25. The first-order chi connectivity index (χ1) is 12.1. The summed E-state index contributed by atoms with van der Waals surface area (Å²) in [5.41, 5.74) is 2.58. The summed E-state index contributed by atoms with van der Waals surface area (Å²) >= 11 is 0. The summed E-state index contributed by atoms with van der Waals surface area (Å²) in [5.74, 6) is 1.73. The fourth-order valence-electron chi connectivity index (χ4n) is 3.08. The third kappa shape index (κ3) is 2.82. The topological polar surface area (TPSA) is 51.9 Å². The van der Waals surface area contributed by atoms with Crippen molar-refractivity contribution in [3.05, 3.63) is 59.4 Å². The van der Waals surface area contributed by atoms with Crippen molar-refractivity contribution in [1.82, 2.24) is 4.90 Å². The molecule has 1 amide bonds. The molecule has 0 spiro atoms. The predicted octanol–water partition coefficient (Wildman–Crippen LogP) is 3.78. The minimum atomic E-state index is -0.136. The predicted molar refractivity (Wildman–Crippen MR) is 94.2 cm³/mol. The molecule has 25 heavy (non-hydrogen) atoms. The second-order valence-electron chi connectivity index (χ2n) is 6.19. The summed E-state index contributed by atoms with van der Waals surface area (Å²) in [6, 6.07) is 13.4. The lowest BCUT2D eigenvalue weighted by atomic mass is 10.1. The van der Waals surface area contributed by atoms with Crippen molar-refractivity contribution in [2.75, 3.05) is 20.3 Å². The largest absolute Gasteiger partial charge is 0.486 e. The highest BCUT2D eigenvalue weighted by atomic mass is 16.6. The first kappa shape index (κ1) is 15.6. The van der Waals surface area contributed by atoms with Gasteiger partial charge in [0.25, 0.3) is 5.91 Å². The Bertz CT molecular complexity index is 944. The maximum atomic E-state index is 12.8. The number of furan rings is 1. The first-order valence-electron chi connectivity index (χ1n) is 8.25. The average molecular weight is 337 g/mol. The third-order valence-electron chi connectivity index (χ3n) is 4.41. The molecule has 5 nitrogen and oxygen atoms in total. The van der Waals surface area contributed by atoms with Crippen molar-refractivity contribution >= 4 is 16.9 Å². The summed E-state index contributed by atoms with van der Waals surface area (Å²) in [4.78, 5) is 14.5. The number of amides is 1. The molecule has 0 atom stereocenters. The molecule has 3 aromatic rings. The van der Waals surface area contributed by atoms with Crippen LogP contribution in [0.3, 0.4) is 0 Å². The van der Waals surface area contributed by atoms with E-state index in [9.17, 15) is 4.79 Å². The number of fused-ring (bicyclic) bond motifs is 2. The van der Waals surface area contributed by atoms with Gasteiger partial charge in [0.05, 0.1) is 0 Å². The third-order valence-corrected chi connectivity index (χ3v) is 4.41. The Labute approximate surface area is 145 Å². The van der Waals surface area contributed by atoms with E-state index in [-0.39, 0.29) is 5.91 Å². The molecule has 0 saturated carbocycles. The number of rotatable bonds is 3. The number of nitrogens with zero attached hydrogens (tertiary/aromatic N) is 1. The minimum Gasteiger partial charge on any atom is -0.486 e. The summed E-state index contributed by atoms with van der Waals surface area (Å²) in [5, 5.41) is 0.971. The fraction of sp³-hybridized carbons (Fsp3) is 0.250. The number of hydrogen-bond donors (Lipinski definition) is 0. The molecule has 128 valence electrons. The van der Waals surface area contributed by atoms with E-state index in [2.05, 4.69) is 0 Å². The van der Waals surface area contributed by atoms with Gasteiger partial charge >= 0.3 is 0 Å². The zero-order valence-corrected chi connectivity index (χ0v) is 14.2. The molecule has 0 fully saturated rings. The molecular weight excluding hydrogens is 318 g/mol. The molecule has 0 aliphatic carbocycles. The smallest absolute Gasteiger partial charge is 0.289 e. The summed E-state index contributed by atoms with van der Waals surface area (Å²) in [6.07, 6.45) is 0. The Morgan fingerprint density at radius 3 is 2.64 bits per heavy atom. The molecule has 0 radical (unpaired) electrons. The molecular formula is C20H19NO4. The van der Waals surface area contributed by atoms with Crippen LogP contribution >= 0.6 is 0 Å². The number of ether oxygens (including phenoxy) is 2. The minimum absolute atomic E-state index is 0.136. The number of aryl methyl sites for hydroxylation is 1. The summed E-state index contributed by atoms with van der Waals surface area (Å²) in [7, 11) is 1.77. The van der Waals surface area contributed by atoms with Crippen molar-refractivity contribution in [3.63, 3.8) is 0 Å². The zero-order chi connectivity index (χ0) is 17.4. The van der Waals surface area contributed by atoms with Gasteiger partial charge in [0.15, 0.2) is 17.3 Å². The van der Waals surface area contributed by atoms with E-state index in [4.69, 9.17) is 13.9 Å². The molecule has 4 rings (SSSR count). The molecule has 0 unspecified atom stereocenters. The van der Waals surface area contributed by atoms with E-state index in [0.29, 0.717) is 25.5 Å². The fourth-order valence-corrected chi connectivity index (χ4v) is 3.08. The standard InChI is InChI=1S/C20H19NO4/c1-13-15-5-3-4-6-16(15)25-19(13)20(22)21(2)12-14-7-8-17-18(11-14)24-10-9-23-17/h3-8,11H,9-10,12H2,1-2H3. The van der Waals surface area contributed by atoms with Crippen molar-refractivity contribution in [2.24, 2.45) is 0 Å². The van der Waals surface area contributed by atoms with E-state index >= 15 is 0 Å². The van der Waals surface area contributed by atoms with Crippen molar-refractivity contribution < 1.29 is 18.7 Å². The maximum Gasteiger partial charge on any atom is 0.289 e. The lowest BCUT2D eigenvalue weighted by molar-refractivity contribution is 0.0754. The van der Waals surface area contributed by atoms with Gasteiger partial charge in [0, 0.05) is 24.5 Å². The molecule has 0 bridgehead atoms. The van der Waals surface area contributed by atoms with Gasteiger partial charge in [-0.15, -0.1) is 0 Å². The number of carbonyl (C=O) groups is 1. The molecule has 2 heterocycles. The van der Waals surface area contributed by atoms with Crippen LogP contribution in [-0.4, -0.2) is 31.1 Å². The molecule has 1 aliphatic heterocycles. The van der Waals surface area contributed by atoms with E-state index in [0.717, 1.165) is 33.6 Å². The SMILES string of the molecule is Cc1c(C(=O)N(C)Cc2ccc3c(c2)OCCO3)oc2ccccc12. The Hall–Kier alpha value is -2.95. The molecule has 2 aromatic carbocycles. The maximum absolute atomic E-state index is 12.8. The Morgan fingerprint density at radius 2 is 1.84 bits per heavy atom. The average Bonchev–Trinajstić information content (AvgIpc) is 2.98. The van der Waals surface area contributed by atoms with Gasteiger partial charge in [-0.3, -0.25) is 4.79 Å². The molecule has 1 aliphatic rings. The second-order valence-corrected chi connectivity index (χ2v) is 6.19. The lowest BCUT2D eigenvalue weighted by Gasteiger charge is -2.21. The van der Waals surface area contributed by atoms with Gasteiger partial charge in [0.1, 0.15) is 18.8 Å². The van der Waals surface area contributed by atoms with Gasteiger partial charge in [-0.2, -0.15) is 0 Å². The van der Waals surface area contributed by atoms with Crippen LogP contribution in [-0.2, 0) is 6.54 Å². The van der Waals surface area contributed by atoms with Crippen LogP contribution in [0, 0.1) is 6.92 Å². The Morgan fingerprint density at radius 1 is 1.08 bits per heavy atom. The Kier molecular flexibility index (Phi) is 3.84. The van der Waals surface area contributed by atoms with Crippen molar-refractivity contribution in [1.29, 1.82) is 0 Å². The van der Waals surface area contributed by atoms with Gasteiger partial charge in [-0.05, 0) is 30.7 Å². The molecule has 1 aromatic heterocycles. The number of para-hydroxylation sites is 1. The summed E-state index contributed by atoms with van der Waals surface area (Å²) in [6.45, 7) is 3.49. The number of hydrogen-bond acceptors (Lipinski definition) is 4. The monoisotopic (exact) mass is 337 g/mol. The quantitative estimate of drug-likeness (QED) is 0.730. The highest BCUT2D eigenvalue weighted by Crippen LogP contribution is 2.31. The van der Waals surface area contributed by atoms with Gasteiger partial charge in [-0.1, -0.05) is 24.3 Å². The van der Waals surface area contributed by atoms with Crippen molar-refractivity contribution in [3.8, 4) is 11.5 Å². The molecule has 0 N–H and O–H groups in total. The van der Waals surface area contributed by atoms with Gasteiger partial charge in [0.2, 0.25) is 0 Å². The van der Waals surface area contributed by atoms with Crippen molar-refractivity contribution in [2.45, 2.75) is 13.5 Å². The van der Waals surface area contributed by atoms with E-state index in [1.165, 1.54) is 0 Å². The number of carbonyl (C=O) groups excluding carboxylic acids is 1. The highest BCUT2D eigenvalue weighted by molar-refractivity contribution is 5.98. The van der Waals surface area contributed by atoms with Crippen LogP contribution in [0.2, 0.25) is 0 Å². The van der Waals surface area contributed by atoms with Gasteiger partial charge < -0.3 is 18.8 Å².